The molecule has 4 rings (SSSR count). The number of carbonyl (C=O) groups excluding carboxylic acids is 1. The SMILES string of the molecule is Cc1nc(N2CCOCC2)[nH]c(=O)c1CCC(=O)Nc1cnc2ccccc2c1. The number of para-hydroxylation sites is 1. The van der Waals surface area contributed by atoms with Crippen molar-refractivity contribution in [3.05, 3.63) is 58.1 Å². The second-order valence-corrected chi connectivity index (χ2v) is 7.02. The second kappa shape index (κ2) is 8.40. The number of hydrogen-bond donors (Lipinski definition) is 2. The molecule has 3 heterocycles. The summed E-state index contributed by atoms with van der Waals surface area (Å²) >= 11 is 0. The zero-order chi connectivity index (χ0) is 20.2. The van der Waals surface area contributed by atoms with E-state index in [1.54, 1.807) is 13.1 Å². The summed E-state index contributed by atoms with van der Waals surface area (Å²) in [5.74, 6) is 0.393. The Kier molecular flexibility index (Phi) is 5.53. The minimum Gasteiger partial charge on any atom is -0.378 e. The van der Waals surface area contributed by atoms with Gasteiger partial charge in [0.15, 0.2) is 0 Å². The Morgan fingerprint density at radius 2 is 2.07 bits per heavy atom. The predicted octanol–water partition coefficient (Wildman–Crippen LogP) is 2.03. The predicted molar refractivity (Wildman–Crippen MR) is 111 cm³/mol. The van der Waals surface area contributed by atoms with Gasteiger partial charge >= 0.3 is 0 Å². The Morgan fingerprint density at radius 1 is 1.28 bits per heavy atom. The van der Waals surface area contributed by atoms with Crippen molar-refractivity contribution in [3.8, 4) is 0 Å². The third-order valence-electron chi connectivity index (χ3n) is 5.00. The molecule has 0 aliphatic carbocycles. The van der Waals surface area contributed by atoms with E-state index in [1.807, 2.05) is 35.2 Å². The highest BCUT2D eigenvalue weighted by atomic mass is 16.5. The number of fused-ring (bicyclic) bond motifs is 1. The first-order chi connectivity index (χ1) is 14.1. The molecule has 0 bridgehead atoms. The zero-order valence-electron chi connectivity index (χ0n) is 16.3. The van der Waals surface area contributed by atoms with Crippen molar-refractivity contribution in [2.24, 2.45) is 0 Å². The van der Waals surface area contributed by atoms with E-state index in [9.17, 15) is 9.59 Å². The van der Waals surface area contributed by atoms with E-state index in [0.29, 0.717) is 55.6 Å². The number of pyridine rings is 1. The molecule has 1 aromatic carbocycles. The maximum absolute atomic E-state index is 12.5. The van der Waals surface area contributed by atoms with Gasteiger partial charge in [0.25, 0.3) is 5.56 Å². The lowest BCUT2D eigenvalue weighted by molar-refractivity contribution is -0.116. The van der Waals surface area contributed by atoms with Crippen molar-refractivity contribution in [1.29, 1.82) is 0 Å². The summed E-state index contributed by atoms with van der Waals surface area (Å²) in [5.41, 5.74) is 2.50. The van der Waals surface area contributed by atoms with Gasteiger partial charge in [-0.2, -0.15) is 0 Å². The molecule has 3 aromatic rings. The number of hydrogen-bond acceptors (Lipinski definition) is 6. The van der Waals surface area contributed by atoms with Crippen LogP contribution in [0.1, 0.15) is 17.7 Å². The van der Waals surface area contributed by atoms with E-state index in [-0.39, 0.29) is 17.9 Å². The number of carbonyl (C=O) groups is 1. The number of anilines is 2. The number of aromatic nitrogens is 3. The number of benzene rings is 1. The Morgan fingerprint density at radius 3 is 2.86 bits per heavy atom. The lowest BCUT2D eigenvalue weighted by Crippen LogP contribution is -2.38. The first-order valence-corrected chi connectivity index (χ1v) is 9.67. The highest BCUT2D eigenvalue weighted by molar-refractivity contribution is 5.93. The highest BCUT2D eigenvalue weighted by Gasteiger charge is 2.17. The molecule has 0 radical (unpaired) electrons. The van der Waals surface area contributed by atoms with E-state index >= 15 is 0 Å². The van der Waals surface area contributed by atoms with Crippen LogP contribution >= 0.6 is 0 Å². The summed E-state index contributed by atoms with van der Waals surface area (Å²) in [7, 11) is 0. The van der Waals surface area contributed by atoms with Gasteiger partial charge in [-0.1, -0.05) is 18.2 Å². The molecule has 1 amide bonds. The fraction of sp³-hybridized carbons (Fsp3) is 0.333. The van der Waals surface area contributed by atoms with Gasteiger partial charge in [0.05, 0.1) is 30.6 Å². The first-order valence-electron chi connectivity index (χ1n) is 9.67. The summed E-state index contributed by atoms with van der Waals surface area (Å²) in [5, 5.41) is 3.81. The molecule has 1 fully saturated rings. The zero-order valence-corrected chi connectivity index (χ0v) is 16.3. The van der Waals surface area contributed by atoms with Gasteiger partial charge in [-0.25, -0.2) is 4.98 Å². The summed E-state index contributed by atoms with van der Waals surface area (Å²) < 4.78 is 5.33. The molecule has 2 N–H and O–H groups in total. The first kappa shape index (κ1) is 19.1. The molecule has 8 heteroatoms. The van der Waals surface area contributed by atoms with Crippen LogP contribution in [0, 0.1) is 6.92 Å². The van der Waals surface area contributed by atoms with E-state index in [0.717, 1.165) is 10.9 Å². The molecular weight excluding hydrogens is 370 g/mol. The third kappa shape index (κ3) is 4.43. The van der Waals surface area contributed by atoms with Crippen LogP contribution in [-0.4, -0.2) is 47.2 Å². The van der Waals surface area contributed by atoms with Crippen LogP contribution < -0.4 is 15.8 Å². The van der Waals surface area contributed by atoms with E-state index in [1.165, 1.54) is 0 Å². The Balaban J connectivity index is 1.41. The summed E-state index contributed by atoms with van der Waals surface area (Å²) in [4.78, 5) is 38.6. The molecule has 29 heavy (non-hydrogen) atoms. The number of aryl methyl sites for hydroxylation is 1. The van der Waals surface area contributed by atoms with Crippen molar-refractivity contribution >= 4 is 28.4 Å². The van der Waals surface area contributed by atoms with Gasteiger partial charge in [0.2, 0.25) is 11.9 Å². The molecule has 150 valence electrons. The van der Waals surface area contributed by atoms with Crippen LogP contribution in [0.5, 0.6) is 0 Å². The molecule has 0 unspecified atom stereocenters. The molecule has 0 saturated carbocycles. The standard InChI is InChI=1S/C21H23N5O3/c1-14-17(20(28)25-21(23-14)26-8-10-29-11-9-26)6-7-19(27)24-16-12-15-4-2-3-5-18(15)22-13-16/h2-5,12-13H,6-11H2,1H3,(H,24,27)(H,23,25,28). The molecule has 1 saturated heterocycles. The molecular formula is C21H23N5O3. The Labute approximate surface area is 167 Å². The summed E-state index contributed by atoms with van der Waals surface area (Å²) in [6.07, 6.45) is 2.15. The number of ether oxygens (including phenoxy) is 1. The molecule has 1 aliphatic heterocycles. The van der Waals surface area contributed by atoms with Crippen LogP contribution in [0.4, 0.5) is 11.6 Å². The van der Waals surface area contributed by atoms with Crippen LogP contribution in [0.3, 0.4) is 0 Å². The minimum absolute atomic E-state index is 0.168. The fourth-order valence-electron chi connectivity index (χ4n) is 3.42. The Hall–Kier alpha value is -3.26. The second-order valence-electron chi connectivity index (χ2n) is 7.02. The van der Waals surface area contributed by atoms with Crippen LogP contribution in [0.15, 0.2) is 41.3 Å². The monoisotopic (exact) mass is 393 g/mol. The smallest absolute Gasteiger partial charge is 0.255 e. The van der Waals surface area contributed by atoms with Crippen molar-refractivity contribution < 1.29 is 9.53 Å². The van der Waals surface area contributed by atoms with Gasteiger partial charge in [0, 0.05) is 36.2 Å². The number of aromatic amines is 1. The van der Waals surface area contributed by atoms with E-state index < -0.39 is 0 Å². The number of nitrogens with one attached hydrogen (secondary N) is 2. The lowest BCUT2D eigenvalue weighted by atomic mass is 10.1. The van der Waals surface area contributed by atoms with Gasteiger partial charge in [-0.05, 0) is 25.5 Å². The van der Waals surface area contributed by atoms with Gasteiger partial charge in [0.1, 0.15) is 0 Å². The normalized spacial score (nSPS) is 14.2. The number of morpholine rings is 1. The minimum atomic E-state index is -0.195. The average Bonchev–Trinajstić information content (AvgIpc) is 2.73. The summed E-state index contributed by atoms with van der Waals surface area (Å²) in [6.45, 7) is 4.44. The van der Waals surface area contributed by atoms with E-state index in [4.69, 9.17) is 4.74 Å². The largest absolute Gasteiger partial charge is 0.378 e. The van der Waals surface area contributed by atoms with Crippen molar-refractivity contribution in [2.75, 3.05) is 36.5 Å². The molecule has 0 atom stereocenters. The maximum Gasteiger partial charge on any atom is 0.255 e. The maximum atomic E-state index is 12.5. The van der Waals surface area contributed by atoms with Gasteiger partial charge in [-0.3, -0.25) is 19.6 Å². The van der Waals surface area contributed by atoms with E-state index in [2.05, 4.69) is 20.3 Å². The summed E-state index contributed by atoms with van der Waals surface area (Å²) in [6, 6.07) is 9.60. The van der Waals surface area contributed by atoms with Gasteiger partial charge in [-0.15, -0.1) is 0 Å². The van der Waals surface area contributed by atoms with Crippen molar-refractivity contribution in [1.82, 2.24) is 15.0 Å². The lowest BCUT2D eigenvalue weighted by Gasteiger charge is -2.27. The average molecular weight is 393 g/mol. The third-order valence-corrected chi connectivity index (χ3v) is 5.00. The molecule has 8 nitrogen and oxygen atoms in total. The van der Waals surface area contributed by atoms with Gasteiger partial charge < -0.3 is 15.0 Å². The fourth-order valence-corrected chi connectivity index (χ4v) is 3.42. The Bertz CT molecular complexity index is 1090. The highest BCUT2D eigenvalue weighted by Crippen LogP contribution is 2.17. The van der Waals surface area contributed by atoms with Crippen molar-refractivity contribution in [2.45, 2.75) is 19.8 Å². The molecule has 0 spiro atoms. The molecule has 1 aliphatic rings. The van der Waals surface area contributed by atoms with Crippen LogP contribution in [0.2, 0.25) is 0 Å². The van der Waals surface area contributed by atoms with Crippen LogP contribution in [-0.2, 0) is 16.0 Å². The number of rotatable bonds is 5. The topological polar surface area (TPSA) is 100 Å². The van der Waals surface area contributed by atoms with Crippen LogP contribution in [0.25, 0.3) is 10.9 Å². The quantitative estimate of drug-likeness (QED) is 0.688. The molecule has 2 aromatic heterocycles. The number of amides is 1. The number of H-pyrrole nitrogens is 1. The number of nitrogens with zero attached hydrogens (tertiary/aromatic N) is 3. The van der Waals surface area contributed by atoms with Crippen molar-refractivity contribution in [3.63, 3.8) is 0 Å².